The third-order valence-electron chi connectivity index (χ3n) is 2.40. The van der Waals surface area contributed by atoms with Crippen molar-refractivity contribution in [2.24, 2.45) is 0 Å². The number of halogens is 2. The summed E-state index contributed by atoms with van der Waals surface area (Å²) in [4.78, 5) is 3.92. The molecule has 0 fully saturated rings. The number of hydrogen-bond acceptors (Lipinski definition) is 1. The number of rotatable bonds is 1. The van der Waals surface area contributed by atoms with Gasteiger partial charge in [-0.05, 0) is 37.1 Å². The number of nitrogens with zero attached hydrogens (tertiary/aromatic N) is 2. The summed E-state index contributed by atoms with van der Waals surface area (Å²) in [5, 5.41) is 0. The number of alkyl halides is 2. The molecule has 0 unspecified atom stereocenters. The summed E-state index contributed by atoms with van der Waals surface area (Å²) in [6, 6.07) is 3.56. The predicted octanol–water partition coefficient (Wildman–Crippen LogP) is 3.05. The fourth-order valence-electron chi connectivity index (χ4n) is 1.44. The highest BCUT2D eigenvalue weighted by Gasteiger charge is 2.11. The van der Waals surface area contributed by atoms with Gasteiger partial charge in [0.1, 0.15) is 6.33 Å². The number of imidazole rings is 1. The molecule has 2 rings (SSSR count). The SMILES string of the molecule is Cc1cc2ncn(C(F)F)c2cc1C. The third-order valence-corrected chi connectivity index (χ3v) is 2.40. The zero-order chi connectivity index (χ0) is 10.3. The first-order chi connectivity index (χ1) is 6.59. The lowest BCUT2D eigenvalue weighted by atomic mass is 10.1. The molecule has 1 heterocycles. The Bertz CT molecular complexity index is 474. The van der Waals surface area contributed by atoms with Crippen LogP contribution < -0.4 is 0 Å². The summed E-state index contributed by atoms with van der Waals surface area (Å²) in [6.45, 7) is 1.32. The molecule has 1 aromatic heterocycles. The molecule has 1 aromatic carbocycles. The zero-order valence-corrected chi connectivity index (χ0v) is 7.96. The van der Waals surface area contributed by atoms with E-state index in [9.17, 15) is 8.78 Å². The highest BCUT2D eigenvalue weighted by molar-refractivity contribution is 5.77. The van der Waals surface area contributed by atoms with E-state index in [0.29, 0.717) is 11.0 Å². The Morgan fingerprint density at radius 2 is 1.86 bits per heavy atom. The molecule has 0 aliphatic heterocycles. The smallest absolute Gasteiger partial charge is 0.273 e. The van der Waals surface area contributed by atoms with Crippen molar-refractivity contribution in [1.29, 1.82) is 0 Å². The summed E-state index contributed by atoms with van der Waals surface area (Å²) in [5.74, 6) is 0. The second-order valence-electron chi connectivity index (χ2n) is 3.35. The second-order valence-corrected chi connectivity index (χ2v) is 3.35. The van der Waals surface area contributed by atoms with E-state index >= 15 is 0 Å². The van der Waals surface area contributed by atoms with Crippen LogP contribution in [0.4, 0.5) is 8.78 Å². The maximum absolute atomic E-state index is 12.5. The fraction of sp³-hybridized carbons (Fsp3) is 0.300. The average Bonchev–Trinajstić information content (AvgIpc) is 2.48. The van der Waals surface area contributed by atoms with Crippen molar-refractivity contribution in [3.05, 3.63) is 29.6 Å². The monoisotopic (exact) mass is 196 g/mol. The fourth-order valence-corrected chi connectivity index (χ4v) is 1.44. The van der Waals surface area contributed by atoms with E-state index in [1.807, 2.05) is 19.9 Å². The van der Waals surface area contributed by atoms with Gasteiger partial charge >= 0.3 is 6.55 Å². The van der Waals surface area contributed by atoms with E-state index in [1.54, 1.807) is 6.07 Å². The van der Waals surface area contributed by atoms with E-state index in [2.05, 4.69) is 4.98 Å². The average molecular weight is 196 g/mol. The highest BCUT2D eigenvalue weighted by atomic mass is 19.3. The first kappa shape index (κ1) is 9.12. The summed E-state index contributed by atoms with van der Waals surface area (Å²) >= 11 is 0. The molecule has 0 amide bonds. The van der Waals surface area contributed by atoms with Gasteiger partial charge in [-0.3, -0.25) is 4.57 Å². The maximum Gasteiger partial charge on any atom is 0.320 e. The van der Waals surface area contributed by atoms with Crippen molar-refractivity contribution in [3.63, 3.8) is 0 Å². The minimum Gasteiger partial charge on any atom is -0.273 e. The molecule has 0 N–H and O–H groups in total. The third kappa shape index (κ3) is 1.27. The molecule has 0 bridgehead atoms. The van der Waals surface area contributed by atoms with Crippen LogP contribution in [0.5, 0.6) is 0 Å². The summed E-state index contributed by atoms with van der Waals surface area (Å²) in [5.41, 5.74) is 3.17. The van der Waals surface area contributed by atoms with Gasteiger partial charge in [0.15, 0.2) is 0 Å². The Morgan fingerprint density at radius 1 is 1.21 bits per heavy atom. The molecule has 0 saturated heterocycles. The number of aryl methyl sites for hydroxylation is 2. The lowest BCUT2D eigenvalue weighted by Gasteiger charge is -2.03. The van der Waals surface area contributed by atoms with Crippen molar-refractivity contribution in [1.82, 2.24) is 9.55 Å². The minimum atomic E-state index is -2.53. The van der Waals surface area contributed by atoms with E-state index in [1.165, 1.54) is 6.33 Å². The van der Waals surface area contributed by atoms with Crippen molar-refractivity contribution in [2.75, 3.05) is 0 Å². The highest BCUT2D eigenvalue weighted by Crippen LogP contribution is 2.22. The van der Waals surface area contributed by atoms with Crippen LogP contribution in [-0.2, 0) is 0 Å². The first-order valence-electron chi connectivity index (χ1n) is 4.31. The molecular weight excluding hydrogens is 186 g/mol. The second kappa shape index (κ2) is 3.04. The molecule has 0 radical (unpaired) electrons. The lowest BCUT2D eigenvalue weighted by molar-refractivity contribution is 0.0746. The molecule has 2 aromatic rings. The summed E-state index contributed by atoms with van der Waals surface area (Å²) in [6.07, 6.45) is 1.17. The minimum absolute atomic E-state index is 0.489. The normalized spacial score (nSPS) is 11.5. The van der Waals surface area contributed by atoms with Crippen LogP contribution in [0.15, 0.2) is 18.5 Å². The Morgan fingerprint density at radius 3 is 2.50 bits per heavy atom. The van der Waals surface area contributed by atoms with Gasteiger partial charge in [-0.25, -0.2) is 4.98 Å². The summed E-state index contributed by atoms with van der Waals surface area (Å²) < 4.78 is 25.8. The van der Waals surface area contributed by atoms with Crippen molar-refractivity contribution in [3.8, 4) is 0 Å². The van der Waals surface area contributed by atoms with Gasteiger partial charge in [0.25, 0.3) is 0 Å². The van der Waals surface area contributed by atoms with E-state index in [0.717, 1.165) is 15.7 Å². The molecule has 14 heavy (non-hydrogen) atoms. The van der Waals surface area contributed by atoms with Crippen LogP contribution in [0, 0.1) is 13.8 Å². The number of fused-ring (bicyclic) bond motifs is 1. The van der Waals surface area contributed by atoms with Crippen LogP contribution in [0.3, 0.4) is 0 Å². The molecular formula is C10H10F2N2. The van der Waals surface area contributed by atoms with Gasteiger partial charge in [0, 0.05) is 0 Å². The van der Waals surface area contributed by atoms with Crippen LogP contribution in [-0.4, -0.2) is 9.55 Å². The Kier molecular flexibility index (Phi) is 1.98. The van der Waals surface area contributed by atoms with Crippen molar-refractivity contribution in [2.45, 2.75) is 20.4 Å². The number of benzene rings is 1. The largest absolute Gasteiger partial charge is 0.320 e. The van der Waals surface area contributed by atoms with Crippen LogP contribution >= 0.6 is 0 Å². The van der Waals surface area contributed by atoms with Gasteiger partial charge in [-0.15, -0.1) is 0 Å². The van der Waals surface area contributed by atoms with E-state index in [-0.39, 0.29) is 0 Å². The van der Waals surface area contributed by atoms with Crippen LogP contribution in [0.2, 0.25) is 0 Å². The Balaban J connectivity index is 2.74. The molecule has 0 aliphatic carbocycles. The number of aromatic nitrogens is 2. The van der Waals surface area contributed by atoms with Gasteiger partial charge in [-0.2, -0.15) is 8.78 Å². The van der Waals surface area contributed by atoms with Crippen molar-refractivity contribution >= 4 is 11.0 Å². The first-order valence-corrected chi connectivity index (χ1v) is 4.31. The maximum atomic E-state index is 12.5. The Hall–Kier alpha value is -1.45. The molecule has 4 heteroatoms. The Labute approximate surface area is 80.2 Å². The van der Waals surface area contributed by atoms with Crippen LogP contribution in [0.25, 0.3) is 11.0 Å². The molecule has 74 valence electrons. The van der Waals surface area contributed by atoms with E-state index < -0.39 is 6.55 Å². The topological polar surface area (TPSA) is 17.8 Å². The van der Waals surface area contributed by atoms with Gasteiger partial charge < -0.3 is 0 Å². The quantitative estimate of drug-likeness (QED) is 0.685. The lowest BCUT2D eigenvalue weighted by Crippen LogP contribution is -1.95. The zero-order valence-electron chi connectivity index (χ0n) is 7.96. The summed E-state index contributed by atoms with van der Waals surface area (Å²) in [7, 11) is 0. The molecule has 0 atom stereocenters. The van der Waals surface area contributed by atoms with Gasteiger partial charge in [0.05, 0.1) is 11.0 Å². The van der Waals surface area contributed by atoms with Crippen LogP contribution in [0.1, 0.15) is 17.7 Å². The molecule has 0 spiro atoms. The number of hydrogen-bond donors (Lipinski definition) is 0. The predicted molar refractivity (Wildman–Crippen MR) is 50.5 cm³/mol. The standard InChI is InChI=1S/C10H10F2N2/c1-6-3-8-9(4-7(6)2)14(5-13-8)10(11)12/h3-5,10H,1-2H3. The van der Waals surface area contributed by atoms with Gasteiger partial charge in [-0.1, -0.05) is 0 Å². The van der Waals surface area contributed by atoms with Crippen molar-refractivity contribution < 1.29 is 8.78 Å². The van der Waals surface area contributed by atoms with E-state index in [4.69, 9.17) is 0 Å². The molecule has 0 aliphatic rings. The van der Waals surface area contributed by atoms with Gasteiger partial charge in [0.2, 0.25) is 0 Å². The molecule has 0 saturated carbocycles. The molecule has 2 nitrogen and oxygen atoms in total.